The number of para-hydroxylation sites is 1. The lowest BCUT2D eigenvalue weighted by atomic mass is 10.3. The predicted molar refractivity (Wildman–Crippen MR) is 112 cm³/mol. The lowest BCUT2D eigenvalue weighted by Gasteiger charge is -2.10. The molecule has 2 N–H and O–H groups in total. The molecule has 0 unspecified atom stereocenters. The van der Waals surface area contributed by atoms with Gasteiger partial charge in [0, 0.05) is 29.1 Å². The topological polar surface area (TPSA) is 80.6 Å². The molecule has 5 rings (SSSR count). The summed E-state index contributed by atoms with van der Waals surface area (Å²) in [5.74, 6) is 1.12. The van der Waals surface area contributed by atoms with Gasteiger partial charge in [-0.05, 0) is 35.7 Å². The van der Waals surface area contributed by atoms with Crippen molar-refractivity contribution in [3.63, 3.8) is 0 Å². The smallest absolute Gasteiger partial charge is 0.231 e. The van der Waals surface area contributed by atoms with Gasteiger partial charge < -0.3 is 10.6 Å². The Hall–Kier alpha value is -3.78. The summed E-state index contributed by atoms with van der Waals surface area (Å²) in [5, 5.41) is 10.7. The van der Waals surface area contributed by atoms with Gasteiger partial charge in [-0.15, -0.1) is 0 Å². The summed E-state index contributed by atoms with van der Waals surface area (Å²) in [6.45, 7) is 0. The molecule has 0 radical (unpaired) electrons. The Balaban J connectivity index is 1.64. The molecular weight excluding hydrogens is 370 g/mol. The second kappa shape index (κ2) is 7.09. The van der Waals surface area contributed by atoms with E-state index in [0.29, 0.717) is 17.3 Å². The van der Waals surface area contributed by atoms with Crippen molar-refractivity contribution in [3.8, 4) is 5.69 Å². The molecule has 0 bridgehead atoms. The van der Waals surface area contributed by atoms with Crippen LogP contribution >= 0.6 is 11.3 Å². The molecule has 4 heterocycles. The normalized spacial score (nSPS) is 10.9. The van der Waals surface area contributed by atoms with Crippen LogP contribution in [0.25, 0.3) is 16.9 Å². The molecule has 136 valence electrons. The van der Waals surface area contributed by atoms with Crippen molar-refractivity contribution in [1.29, 1.82) is 0 Å². The number of aromatic nitrogens is 5. The van der Waals surface area contributed by atoms with Gasteiger partial charge >= 0.3 is 0 Å². The van der Waals surface area contributed by atoms with E-state index in [4.69, 9.17) is 4.98 Å². The number of rotatable bonds is 5. The second-order valence-corrected chi connectivity index (χ2v) is 6.80. The fraction of sp³-hybridized carbons (Fsp3) is 0. The first-order valence-corrected chi connectivity index (χ1v) is 9.58. The molecule has 0 aliphatic carbocycles. The minimum Gasteiger partial charge on any atom is -0.338 e. The molecule has 5 aromatic rings. The molecule has 0 spiro atoms. The minimum absolute atomic E-state index is 0.481. The Labute approximate surface area is 164 Å². The van der Waals surface area contributed by atoms with E-state index < -0.39 is 0 Å². The number of nitrogens with one attached hydrogen (secondary N) is 2. The van der Waals surface area contributed by atoms with Gasteiger partial charge in [-0.3, -0.25) is 9.55 Å². The number of pyridine rings is 1. The number of fused-ring (bicyclic) bond motifs is 1. The highest BCUT2D eigenvalue weighted by atomic mass is 32.1. The zero-order chi connectivity index (χ0) is 18.8. The maximum Gasteiger partial charge on any atom is 0.231 e. The molecule has 28 heavy (non-hydrogen) atoms. The van der Waals surface area contributed by atoms with Gasteiger partial charge in [0.1, 0.15) is 6.33 Å². The number of anilines is 4. The van der Waals surface area contributed by atoms with Gasteiger partial charge in [0.2, 0.25) is 5.95 Å². The van der Waals surface area contributed by atoms with Crippen LogP contribution in [0.1, 0.15) is 0 Å². The summed E-state index contributed by atoms with van der Waals surface area (Å²) in [6.07, 6.45) is 5.22. The first-order valence-electron chi connectivity index (χ1n) is 8.63. The van der Waals surface area contributed by atoms with Gasteiger partial charge in [-0.2, -0.15) is 21.3 Å². The number of nitrogens with zero attached hydrogens (tertiary/aromatic N) is 5. The van der Waals surface area contributed by atoms with Crippen molar-refractivity contribution in [3.05, 3.63) is 78.0 Å². The molecular formula is C20H15N7S. The fourth-order valence-electron chi connectivity index (χ4n) is 2.85. The molecule has 7 nitrogen and oxygen atoms in total. The van der Waals surface area contributed by atoms with Crippen molar-refractivity contribution >= 4 is 45.6 Å². The van der Waals surface area contributed by atoms with E-state index in [2.05, 4.69) is 31.0 Å². The van der Waals surface area contributed by atoms with E-state index in [9.17, 15) is 0 Å². The second-order valence-electron chi connectivity index (χ2n) is 6.02. The third-order valence-electron chi connectivity index (χ3n) is 4.15. The molecule has 0 amide bonds. The Bertz CT molecular complexity index is 1200. The molecule has 0 saturated heterocycles. The fourth-order valence-corrected chi connectivity index (χ4v) is 3.48. The average Bonchev–Trinajstić information content (AvgIpc) is 3.39. The lowest BCUT2D eigenvalue weighted by Crippen LogP contribution is -2.03. The highest BCUT2D eigenvalue weighted by Crippen LogP contribution is 2.27. The summed E-state index contributed by atoms with van der Waals surface area (Å²) in [7, 11) is 0. The van der Waals surface area contributed by atoms with Crippen LogP contribution in [0.4, 0.5) is 23.1 Å². The van der Waals surface area contributed by atoms with Gasteiger partial charge in [-0.25, -0.2) is 4.98 Å². The molecule has 0 aliphatic heterocycles. The van der Waals surface area contributed by atoms with Gasteiger partial charge in [0.05, 0.1) is 5.69 Å². The number of thiophene rings is 1. The summed E-state index contributed by atoms with van der Waals surface area (Å²) in [5.41, 5.74) is 4.24. The van der Waals surface area contributed by atoms with Crippen LogP contribution in [0.3, 0.4) is 0 Å². The summed E-state index contributed by atoms with van der Waals surface area (Å²) >= 11 is 1.63. The van der Waals surface area contributed by atoms with E-state index in [1.54, 1.807) is 30.1 Å². The van der Waals surface area contributed by atoms with Crippen molar-refractivity contribution in [1.82, 2.24) is 24.5 Å². The molecule has 0 saturated carbocycles. The first-order chi connectivity index (χ1) is 13.9. The van der Waals surface area contributed by atoms with Crippen LogP contribution in [0.5, 0.6) is 0 Å². The third kappa shape index (κ3) is 3.17. The summed E-state index contributed by atoms with van der Waals surface area (Å²) in [6, 6.07) is 15.7. The Morgan fingerprint density at radius 2 is 1.68 bits per heavy atom. The van der Waals surface area contributed by atoms with Crippen LogP contribution in [0, 0.1) is 0 Å². The Morgan fingerprint density at radius 3 is 2.46 bits per heavy atom. The van der Waals surface area contributed by atoms with Crippen molar-refractivity contribution in [2.75, 3.05) is 10.6 Å². The van der Waals surface area contributed by atoms with Crippen LogP contribution in [-0.2, 0) is 0 Å². The van der Waals surface area contributed by atoms with Gasteiger partial charge in [0.15, 0.2) is 17.0 Å². The molecule has 8 heteroatoms. The Kier molecular flexibility index (Phi) is 4.15. The van der Waals surface area contributed by atoms with Gasteiger partial charge in [0.25, 0.3) is 0 Å². The number of hydrogen-bond donors (Lipinski definition) is 2. The molecule has 0 fully saturated rings. The van der Waals surface area contributed by atoms with Crippen LogP contribution in [-0.4, -0.2) is 24.5 Å². The molecule has 0 aliphatic rings. The van der Waals surface area contributed by atoms with E-state index >= 15 is 0 Å². The maximum atomic E-state index is 4.71. The lowest BCUT2D eigenvalue weighted by molar-refractivity contribution is 1.07. The SMILES string of the molecule is c1ccc(Nc2nc(Nc3ccncc3)nc3c2ncn3-c2ccsc2)cc1. The zero-order valence-electron chi connectivity index (χ0n) is 14.6. The third-order valence-corrected chi connectivity index (χ3v) is 4.82. The van der Waals surface area contributed by atoms with E-state index in [1.807, 2.05) is 58.5 Å². The number of hydrogen-bond acceptors (Lipinski definition) is 7. The highest BCUT2D eigenvalue weighted by molar-refractivity contribution is 7.08. The molecule has 1 aromatic carbocycles. The van der Waals surface area contributed by atoms with Crippen molar-refractivity contribution in [2.45, 2.75) is 0 Å². The average molecular weight is 385 g/mol. The zero-order valence-corrected chi connectivity index (χ0v) is 15.5. The van der Waals surface area contributed by atoms with Crippen LogP contribution < -0.4 is 10.6 Å². The molecule has 0 atom stereocenters. The highest BCUT2D eigenvalue weighted by Gasteiger charge is 2.15. The van der Waals surface area contributed by atoms with E-state index in [1.165, 1.54) is 0 Å². The predicted octanol–water partition coefficient (Wildman–Crippen LogP) is 4.76. The van der Waals surface area contributed by atoms with E-state index in [0.717, 1.165) is 22.7 Å². The number of benzene rings is 1. The quantitative estimate of drug-likeness (QED) is 0.454. The Morgan fingerprint density at radius 1 is 0.857 bits per heavy atom. The van der Waals surface area contributed by atoms with Crippen molar-refractivity contribution < 1.29 is 0 Å². The summed E-state index contributed by atoms with van der Waals surface area (Å²) in [4.78, 5) is 18.0. The largest absolute Gasteiger partial charge is 0.338 e. The minimum atomic E-state index is 0.481. The van der Waals surface area contributed by atoms with Crippen LogP contribution in [0.15, 0.2) is 78.0 Å². The van der Waals surface area contributed by atoms with E-state index in [-0.39, 0.29) is 0 Å². The maximum absolute atomic E-state index is 4.71. The monoisotopic (exact) mass is 385 g/mol. The van der Waals surface area contributed by atoms with Crippen LogP contribution in [0.2, 0.25) is 0 Å². The summed E-state index contributed by atoms with van der Waals surface area (Å²) < 4.78 is 1.96. The van der Waals surface area contributed by atoms with Gasteiger partial charge in [-0.1, -0.05) is 18.2 Å². The van der Waals surface area contributed by atoms with Crippen molar-refractivity contribution in [2.24, 2.45) is 0 Å². The molecule has 4 aromatic heterocycles. The number of imidazole rings is 1. The standard InChI is InChI=1S/C20H15N7S/c1-2-4-14(5-3-1)23-18-17-19(27(13-22-17)16-8-11-28-12-16)26-20(25-18)24-15-6-9-21-10-7-15/h1-13H,(H2,21,23,24,25,26). The first kappa shape index (κ1) is 16.4.